The van der Waals surface area contributed by atoms with E-state index in [1.54, 1.807) is 0 Å². The van der Waals surface area contributed by atoms with Crippen molar-refractivity contribution < 1.29 is 0 Å². The molecular weight excluding hydrogens is 200 g/mol. The van der Waals surface area contributed by atoms with Crippen LogP contribution in [0.3, 0.4) is 0 Å². The summed E-state index contributed by atoms with van der Waals surface area (Å²) in [7, 11) is 0. The number of rotatable bonds is 1. The standard InChI is InChI=1S/C11H13ClS/c12-11-3-1-9(2-4-11)10-5-7-13-8-6-10/h1-4,10H,5-8H2. The zero-order valence-electron chi connectivity index (χ0n) is 7.50. The molecule has 0 amide bonds. The summed E-state index contributed by atoms with van der Waals surface area (Å²) in [5.74, 6) is 3.40. The number of thioether (sulfide) groups is 1. The fraction of sp³-hybridized carbons (Fsp3) is 0.455. The van der Waals surface area contributed by atoms with Gasteiger partial charge in [0.05, 0.1) is 0 Å². The van der Waals surface area contributed by atoms with Gasteiger partial charge in [0.15, 0.2) is 0 Å². The molecule has 1 aromatic rings. The predicted molar refractivity (Wildman–Crippen MR) is 60.8 cm³/mol. The number of benzene rings is 1. The van der Waals surface area contributed by atoms with E-state index in [0.717, 1.165) is 10.9 Å². The monoisotopic (exact) mass is 212 g/mol. The van der Waals surface area contributed by atoms with Crippen molar-refractivity contribution in [3.8, 4) is 0 Å². The van der Waals surface area contributed by atoms with Gasteiger partial charge in [0, 0.05) is 5.02 Å². The molecule has 0 nitrogen and oxygen atoms in total. The predicted octanol–water partition coefficient (Wildman–Crippen LogP) is 3.95. The molecule has 0 bridgehead atoms. The summed E-state index contributed by atoms with van der Waals surface area (Å²) in [6, 6.07) is 8.34. The van der Waals surface area contributed by atoms with Crippen molar-refractivity contribution in [1.29, 1.82) is 0 Å². The van der Waals surface area contributed by atoms with E-state index in [4.69, 9.17) is 11.6 Å². The highest BCUT2D eigenvalue weighted by molar-refractivity contribution is 7.99. The highest BCUT2D eigenvalue weighted by atomic mass is 35.5. The molecule has 1 heterocycles. The summed E-state index contributed by atoms with van der Waals surface area (Å²) in [5, 5.41) is 0.842. The fourth-order valence-corrected chi connectivity index (χ4v) is 3.00. The van der Waals surface area contributed by atoms with E-state index in [1.807, 2.05) is 12.1 Å². The lowest BCUT2D eigenvalue weighted by Gasteiger charge is -2.21. The molecule has 70 valence electrons. The van der Waals surface area contributed by atoms with Gasteiger partial charge in [-0.2, -0.15) is 11.8 Å². The molecule has 0 aromatic heterocycles. The molecule has 1 fully saturated rings. The van der Waals surface area contributed by atoms with Crippen LogP contribution in [0.25, 0.3) is 0 Å². The number of hydrogen-bond acceptors (Lipinski definition) is 1. The van der Waals surface area contributed by atoms with Crippen molar-refractivity contribution in [1.82, 2.24) is 0 Å². The maximum Gasteiger partial charge on any atom is 0.0406 e. The highest BCUT2D eigenvalue weighted by Gasteiger charge is 2.14. The lowest BCUT2D eigenvalue weighted by molar-refractivity contribution is 0.637. The fourth-order valence-electron chi connectivity index (χ4n) is 1.77. The van der Waals surface area contributed by atoms with Gasteiger partial charge >= 0.3 is 0 Å². The Labute approximate surface area is 88.7 Å². The molecule has 13 heavy (non-hydrogen) atoms. The SMILES string of the molecule is Clc1ccc(C2CCSCC2)cc1. The first-order valence-electron chi connectivity index (χ1n) is 4.69. The summed E-state index contributed by atoms with van der Waals surface area (Å²) in [6.07, 6.45) is 2.65. The topological polar surface area (TPSA) is 0 Å². The molecular formula is C11H13ClS. The Balaban J connectivity index is 2.10. The van der Waals surface area contributed by atoms with Crippen molar-refractivity contribution >= 4 is 23.4 Å². The van der Waals surface area contributed by atoms with Gasteiger partial charge in [-0.15, -0.1) is 0 Å². The Morgan fingerprint density at radius 3 is 2.31 bits per heavy atom. The van der Waals surface area contributed by atoms with E-state index in [2.05, 4.69) is 23.9 Å². The third-order valence-corrected chi connectivity index (χ3v) is 3.86. The Hall–Kier alpha value is -0.140. The van der Waals surface area contributed by atoms with Crippen LogP contribution in [-0.2, 0) is 0 Å². The molecule has 0 spiro atoms. The van der Waals surface area contributed by atoms with E-state index in [-0.39, 0.29) is 0 Å². The molecule has 0 aliphatic carbocycles. The quantitative estimate of drug-likeness (QED) is 0.680. The van der Waals surface area contributed by atoms with E-state index in [1.165, 1.54) is 29.9 Å². The number of halogens is 1. The summed E-state index contributed by atoms with van der Waals surface area (Å²) in [4.78, 5) is 0. The van der Waals surface area contributed by atoms with E-state index < -0.39 is 0 Å². The first-order valence-corrected chi connectivity index (χ1v) is 6.23. The molecule has 0 radical (unpaired) electrons. The third kappa shape index (κ3) is 2.41. The molecule has 0 unspecified atom stereocenters. The lowest BCUT2D eigenvalue weighted by Crippen LogP contribution is -2.07. The normalized spacial score (nSPS) is 18.8. The first kappa shape index (κ1) is 9.42. The summed E-state index contributed by atoms with van der Waals surface area (Å²) in [6.45, 7) is 0. The van der Waals surface area contributed by atoms with Gasteiger partial charge in [0.2, 0.25) is 0 Å². The van der Waals surface area contributed by atoms with Gasteiger partial charge in [-0.1, -0.05) is 23.7 Å². The van der Waals surface area contributed by atoms with Crippen LogP contribution in [0.5, 0.6) is 0 Å². The first-order chi connectivity index (χ1) is 6.36. The highest BCUT2D eigenvalue weighted by Crippen LogP contribution is 2.31. The Morgan fingerprint density at radius 1 is 1.08 bits per heavy atom. The maximum atomic E-state index is 5.85. The minimum atomic E-state index is 0.776. The van der Waals surface area contributed by atoms with Crippen LogP contribution in [0.4, 0.5) is 0 Å². The van der Waals surface area contributed by atoms with E-state index in [0.29, 0.717) is 0 Å². The summed E-state index contributed by atoms with van der Waals surface area (Å²) >= 11 is 7.92. The van der Waals surface area contributed by atoms with Crippen molar-refractivity contribution in [2.75, 3.05) is 11.5 Å². The molecule has 1 aliphatic heterocycles. The van der Waals surface area contributed by atoms with Gasteiger partial charge in [-0.25, -0.2) is 0 Å². The molecule has 1 aliphatic rings. The smallest absolute Gasteiger partial charge is 0.0406 e. The van der Waals surface area contributed by atoms with Crippen molar-refractivity contribution in [3.05, 3.63) is 34.9 Å². The zero-order chi connectivity index (χ0) is 9.10. The van der Waals surface area contributed by atoms with Gasteiger partial charge in [-0.3, -0.25) is 0 Å². The molecule has 0 N–H and O–H groups in total. The third-order valence-electron chi connectivity index (χ3n) is 2.56. The molecule has 2 rings (SSSR count). The second-order valence-electron chi connectivity index (χ2n) is 3.44. The molecule has 1 aromatic carbocycles. The average Bonchev–Trinajstić information content (AvgIpc) is 2.20. The molecule has 0 atom stereocenters. The molecule has 1 saturated heterocycles. The minimum Gasteiger partial charge on any atom is -0.162 e. The Bertz CT molecular complexity index is 262. The van der Waals surface area contributed by atoms with Crippen molar-refractivity contribution in [3.63, 3.8) is 0 Å². The van der Waals surface area contributed by atoms with E-state index >= 15 is 0 Å². The van der Waals surface area contributed by atoms with Crippen LogP contribution in [0.1, 0.15) is 24.3 Å². The lowest BCUT2D eigenvalue weighted by atomic mass is 9.94. The largest absolute Gasteiger partial charge is 0.162 e. The van der Waals surface area contributed by atoms with Gasteiger partial charge in [0.25, 0.3) is 0 Å². The summed E-state index contributed by atoms with van der Waals surface area (Å²) in [5.41, 5.74) is 1.46. The number of hydrogen-bond donors (Lipinski definition) is 0. The molecule has 2 heteroatoms. The van der Waals surface area contributed by atoms with Crippen LogP contribution in [0.2, 0.25) is 5.02 Å². The van der Waals surface area contributed by atoms with Crippen molar-refractivity contribution in [2.24, 2.45) is 0 Å². The van der Waals surface area contributed by atoms with E-state index in [9.17, 15) is 0 Å². The van der Waals surface area contributed by atoms with Crippen molar-refractivity contribution in [2.45, 2.75) is 18.8 Å². The van der Waals surface area contributed by atoms with Gasteiger partial charge in [-0.05, 0) is 48.0 Å². The minimum absolute atomic E-state index is 0.776. The molecule has 0 saturated carbocycles. The Kier molecular flexibility index (Phi) is 3.18. The van der Waals surface area contributed by atoms with Gasteiger partial charge < -0.3 is 0 Å². The average molecular weight is 213 g/mol. The van der Waals surface area contributed by atoms with Gasteiger partial charge in [0.1, 0.15) is 0 Å². The summed E-state index contributed by atoms with van der Waals surface area (Å²) < 4.78 is 0. The van der Waals surface area contributed by atoms with Crippen LogP contribution < -0.4 is 0 Å². The second kappa shape index (κ2) is 4.39. The van der Waals surface area contributed by atoms with Crippen LogP contribution >= 0.6 is 23.4 Å². The second-order valence-corrected chi connectivity index (χ2v) is 5.10. The maximum absolute atomic E-state index is 5.85. The zero-order valence-corrected chi connectivity index (χ0v) is 9.07. The van der Waals surface area contributed by atoms with Crippen LogP contribution in [0.15, 0.2) is 24.3 Å². The van der Waals surface area contributed by atoms with Crippen LogP contribution in [0, 0.1) is 0 Å². The van der Waals surface area contributed by atoms with Crippen LogP contribution in [-0.4, -0.2) is 11.5 Å². The Morgan fingerprint density at radius 2 is 1.69 bits per heavy atom.